The number of thiophene rings is 1. The zero-order chi connectivity index (χ0) is 36.7. The van der Waals surface area contributed by atoms with E-state index in [4.69, 9.17) is 15.0 Å². The van der Waals surface area contributed by atoms with Crippen molar-refractivity contribution in [2.24, 2.45) is 0 Å². The topological polar surface area (TPSA) is 43.6 Å². The van der Waals surface area contributed by atoms with E-state index in [0.29, 0.717) is 17.5 Å². The Balaban J connectivity index is 1.22. The maximum absolute atomic E-state index is 5.42. The number of benzene rings is 9. The van der Waals surface area contributed by atoms with Crippen LogP contribution in [0.25, 0.3) is 114 Å². The number of hydrogen-bond acceptors (Lipinski definition) is 4. The van der Waals surface area contributed by atoms with Crippen LogP contribution in [0.4, 0.5) is 0 Å². The average Bonchev–Trinajstić information content (AvgIpc) is 3.80. The van der Waals surface area contributed by atoms with Crippen LogP contribution in [-0.4, -0.2) is 19.5 Å². The number of hydrogen-bond donors (Lipinski definition) is 0. The van der Waals surface area contributed by atoms with Crippen molar-refractivity contribution in [1.82, 2.24) is 19.5 Å². The molecule has 0 saturated heterocycles. The summed E-state index contributed by atoms with van der Waals surface area (Å²) in [5.41, 5.74) is 6.23. The normalized spacial score (nSPS) is 11.9. The van der Waals surface area contributed by atoms with Crippen molar-refractivity contribution in [2.75, 3.05) is 0 Å². The highest BCUT2D eigenvalue weighted by Crippen LogP contribution is 2.45. The van der Waals surface area contributed by atoms with Gasteiger partial charge in [0.2, 0.25) is 0 Å². The number of para-hydroxylation sites is 1. The van der Waals surface area contributed by atoms with Crippen molar-refractivity contribution < 1.29 is 0 Å². The van der Waals surface area contributed by atoms with Gasteiger partial charge in [-0.15, -0.1) is 11.3 Å². The van der Waals surface area contributed by atoms with Gasteiger partial charge >= 0.3 is 0 Å². The van der Waals surface area contributed by atoms with Gasteiger partial charge in [-0.05, 0) is 68.7 Å². The molecule has 260 valence electrons. The molecule has 0 aliphatic carbocycles. The predicted molar refractivity (Wildman–Crippen MR) is 236 cm³/mol. The fraction of sp³-hybridized carbons (Fsp3) is 0. The highest BCUT2D eigenvalue weighted by Gasteiger charge is 2.24. The zero-order valence-corrected chi connectivity index (χ0v) is 30.8. The van der Waals surface area contributed by atoms with Crippen molar-refractivity contribution in [3.05, 3.63) is 182 Å². The summed E-state index contributed by atoms with van der Waals surface area (Å²) >= 11 is 1.83. The van der Waals surface area contributed by atoms with E-state index in [1.54, 1.807) is 0 Å². The Labute approximate surface area is 325 Å². The van der Waals surface area contributed by atoms with Crippen molar-refractivity contribution in [1.29, 1.82) is 0 Å². The van der Waals surface area contributed by atoms with Crippen LogP contribution in [0.3, 0.4) is 0 Å². The molecule has 4 nitrogen and oxygen atoms in total. The lowest BCUT2D eigenvalue weighted by Crippen LogP contribution is -2.04. The summed E-state index contributed by atoms with van der Waals surface area (Å²) in [4.78, 5) is 16.1. The van der Waals surface area contributed by atoms with Gasteiger partial charge in [-0.25, -0.2) is 15.0 Å². The zero-order valence-electron chi connectivity index (χ0n) is 30.0. The van der Waals surface area contributed by atoms with Gasteiger partial charge in [-0.2, -0.15) is 0 Å². The first-order chi connectivity index (χ1) is 27.7. The van der Waals surface area contributed by atoms with Crippen LogP contribution in [-0.2, 0) is 0 Å². The van der Waals surface area contributed by atoms with Crippen LogP contribution in [0, 0.1) is 0 Å². The molecule has 0 aliphatic rings. The highest BCUT2D eigenvalue weighted by atomic mass is 32.1. The Hall–Kier alpha value is -7.21. The van der Waals surface area contributed by atoms with Gasteiger partial charge in [-0.1, -0.05) is 146 Å². The summed E-state index contributed by atoms with van der Waals surface area (Å²) < 4.78 is 4.90. The van der Waals surface area contributed by atoms with Gasteiger partial charge in [0.25, 0.3) is 0 Å². The Morgan fingerprint density at radius 1 is 0.357 bits per heavy atom. The molecule has 0 unspecified atom stereocenters. The summed E-state index contributed by atoms with van der Waals surface area (Å²) in [5.74, 6) is 1.91. The van der Waals surface area contributed by atoms with E-state index < -0.39 is 0 Å². The number of fused-ring (bicyclic) bond motifs is 9. The van der Waals surface area contributed by atoms with E-state index in [1.165, 1.54) is 47.1 Å². The largest absolute Gasteiger partial charge is 0.307 e. The van der Waals surface area contributed by atoms with Crippen LogP contribution in [0.15, 0.2) is 182 Å². The second-order valence-electron chi connectivity index (χ2n) is 14.4. The molecule has 3 heterocycles. The Morgan fingerprint density at radius 3 is 1.82 bits per heavy atom. The van der Waals surface area contributed by atoms with E-state index in [-0.39, 0.29) is 0 Å². The molecule has 0 radical (unpaired) electrons. The Bertz CT molecular complexity index is 3550. The predicted octanol–water partition coefficient (Wildman–Crippen LogP) is 13.8. The summed E-state index contributed by atoms with van der Waals surface area (Å²) in [6, 6.07) is 65.0. The first kappa shape index (κ1) is 31.2. The molecule has 0 saturated carbocycles. The van der Waals surface area contributed by atoms with Crippen LogP contribution >= 0.6 is 11.3 Å². The first-order valence-electron chi connectivity index (χ1n) is 18.9. The third-order valence-electron chi connectivity index (χ3n) is 11.2. The summed E-state index contributed by atoms with van der Waals surface area (Å²) in [6.45, 7) is 0. The van der Waals surface area contributed by atoms with Crippen molar-refractivity contribution in [2.45, 2.75) is 0 Å². The van der Waals surface area contributed by atoms with Gasteiger partial charge in [0.1, 0.15) is 0 Å². The minimum absolute atomic E-state index is 0.632. The van der Waals surface area contributed by atoms with Gasteiger partial charge in [0, 0.05) is 42.9 Å². The molecule has 56 heavy (non-hydrogen) atoms. The lowest BCUT2D eigenvalue weighted by atomic mass is 10.0. The van der Waals surface area contributed by atoms with Crippen LogP contribution in [0.1, 0.15) is 0 Å². The smallest absolute Gasteiger partial charge is 0.166 e. The fourth-order valence-corrected chi connectivity index (χ4v) is 9.81. The van der Waals surface area contributed by atoms with Crippen molar-refractivity contribution in [3.63, 3.8) is 0 Å². The summed E-state index contributed by atoms with van der Waals surface area (Å²) in [6.07, 6.45) is 0. The molecule has 0 amide bonds. The molecule has 0 atom stereocenters. The molecule has 0 bridgehead atoms. The molecule has 3 aromatic heterocycles. The van der Waals surface area contributed by atoms with Gasteiger partial charge in [-0.3, -0.25) is 0 Å². The Morgan fingerprint density at radius 2 is 0.982 bits per heavy atom. The monoisotopic (exact) mass is 730 g/mol. The van der Waals surface area contributed by atoms with Gasteiger partial charge in [0.15, 0.2) is 17.5 Å². The number of aromatic nitrogens is 4. The molecule has 0 N–H and O–H groups in total. The Kier molecular flexibility index (Phi) is 6.76. The second kappa shape index (κ2) is 12.2. The maximum Gasteiger partial charge on any atom is 0.166 e. The lowest BCUT2D eigenvalue weighted by molar-refractivity contribution is 1.07. The van der Waals surface area contributed by atoms with Crippen molar-refractivity contribution >= 4 is 85.6 Å². The molecular formula is C51H30N4S. The standard InChI is InChI=1S/C51H30N4S/c1-2-14-33-28-36(25-24-31(33)12-1)49-52-50(41-21-11-17-32-13-5-6-18-37(32)41)54-51(53-49)42-27-26-40-39-20-8-10-23-46(39)56-48(40)47(42)55-44-22-9-7-19-38(44)43-29-34-15-3-4-16-35(34)30-45(43)55/h1-30H. The van der Waals surface area contributed by atoms with E-state index >= 15 is 0 Å². The van der Waals surface area contributed by atoms with Crippen molar-refractivity contribution in [3.8, 4) is 39.9 Å². The second-order valence-corrected chi connectivity index (χ2v) is 15.5. The molecule has 0 aliphatic heterocycles. The molecular weight excluding hydrogens is 701 g/mol. The minimum atomic E-state index is 0.632. The first-order valence-corrected chi connectivity index (χ1v) is 19.7. The third kappa shape index (κ3) is 4.75. The molecule has 0 fully saturated rings. The fourth-order valence-electron chi connectivity index (χ4n) is 8.57. The number of nitrogens with zero attached hydrogens (tertiary/aromatic N) is 4. The van der Waals surface area contributed by atoms with Gasteiger partial charge < -0.3 is 4.57 Å². The molecule has 9 aromatic carbocycles. The maximum atomic E-state index is 5.42. The molecule has 12 aromatic rings. The van der Waals surface area contributed by atoms with Crippen LogP contribution < -0.4 is 0 Å². The van der Waals surface area contributed by atoms with Crippen LogP contribution in [0.5, 0.6) is 0 Å². The minimum Gasteiger partial charge on any atom is -0.307 e. The quantitative estimate of drug-likeness (QED) is 0.181. The SMILES string of the molecule is c1ccc2cc(-c3nc(-c4ccc5c(sc6ccccc65)c4-n4c5ccccc5c5cc6ccccc6cc54)nc(-c4cccc5ccccc45)n3)ccc2c1. The average molecular weight is 731 g/mol. The van der Waals surface area contributed by atoms with E-state index in [1.807, 2.05) is 11.3 Å². The van der Waals surface area contributed by atoms with Crippen LogP contribution in [0.2, 0.25) is 0 Å². The molecule has 12 rings (SSSR count). The van der Waals surface area contributed by atoms with E-state index in [2.05, 4.69) is 187 Å². The summed E-state index contributed by atoms with van der Waals surface area (Å²) in [7, 11) is 0. The lowest BCUT2D eigenvalue weighted by Gasteiger charge is -2.16. The molecule has 5 heteroatoms. The molecule has 0 spiro atoms. The third-order valence-corrected chi connectivity index (χ3v) is 12.4. The number of rotatable bonds is 4. The van der Waals surface area contributed by atoms with E-state index in [9.17, 15) is 0 Å². The van der Waals surface area contributed by atoms with E-state index in [0.717, 1.165) is 49.6 Å². The summed E-state index contributed by atoms with van der Waals surface area (Å²) in [5, 5.41) is 11.9. The highest BCUT2D eigenvalue weighted by molar-refractivity contribution is 7.26. The van der Waals surface area contributed by atoms with Gasteiger partial charge in [0.05, 0.1) is 21.4 Å².